The van der Waals surface area contributed by atoms with Crippen LogP contribution in [0.4, 0.5) is 0 Å². The molecule has 1 aliphatic rings. The zero-order chi connectivity index (χ0) is 15.4. The van der Waals surface area contributed by atoms with Crippen molar-refractivity contribution in [2.45, 2.75) is 31.2 Å². The number of carbonyl (C=O) groups excluding carboxylic acids is 1. The average molecular weight is 287 g/mol. The fraction of sp³-hybridized carbons (Fsp3) is 0.500. The highest BCUT2D eigenvalue weighted by atomic mass is 16.5. The Morgan fingerprint density at radius 2 is 2.14 bits per heavy atom. The molecule has 1 aromatic rings. The summed E-state index contributed by atoms with van der Waals surface area (Å²) in [5, 5.41) is 0. The fourth-order valence-electron chi connectivity index (χ4n) is 3.56. The van der Waals surface area contributed by atoms with Crippen LogP contribution in [-0.4, -0.2) is 38.4 Å². The van der Waals surface area contributed by atoms with Gasteiger partial charge >= 0.3 is 0 Å². The quantitative estimate of drug-likeness (QED) is 0.615. The fourth-order valence-corrected chi connectivity index (χ4v) is 3.56. The summed E-state index contributed by atoms with van der Waals surface area (Å²) in [6, 6.07) is 8.64. The zero-order valence-corrected chi connectivity index (χ0v) is 13.2. The molecule has 0 saturated heterocycles. The van der Waals surface area contributed by atoms with Gasteiger partial charge in [0.05, 0.1) is 7.11 Å². The van der Waals surface area contributed by atoms with E-state index in [4.69, 9.17) is 4.74 Å². The first kappa shape index (κ1) is 15.8. The van der Waals surface area contributed by atoms with Crippen molar-refractivity contribution in [3.05, 3.63) is 42.0 Å². The minimum Gasteiger partial charge on any atom is -0.497 e. The van der Waals surface area contributed by atoms with E-state index >= 15 is 0 Å². The predicted molar refractivity (Wildman–Crippen MR) is 85.8 cm³/mol. The normalized spacial score (nSPS) is 25.6. The molecular weight excluding hydrogens is 262 g/mol. The number of ether oxygens (including phenoxy) is 1. The molecular formula is C18H25NO2. The Hall–Kier alpha value is -1.61. The lowest BCUT2D eigenvalue weighted by Gasteiger charge is -2.42. The molecule has 3 nitrogen and oxygen atoms in total. The second kappa shape index (κ2) is 6.90. The smallest absolute Gasteiger partial charge is 0.145 e. The summed E-state index contributed by atoms with van der Waals surface area (Å²) >= 11 is 0. The third-order valence-electron chi connectivity index (χ3n) is 4.63. The number of methoxy groups -OCH3 is 1. The zero-order valence-electron chi connectivity index (χ0n) is 13.2. The number of aldehydes is 1. The third kappa shape index (κ3) is 3.35. The van der Waals surface area contributed by atoms with Gasteiger partial charge in [-0.3, -0.25) is 4.79 Å². The molecule has 0 N–H and O–H groups in total. The lowest BCUT2D eigenvalue weighted by atomic mass is 9.69. The van der Waals surface area contributed by atoms with Crippen LogP contribution in [0.25, 0.3) is 0 Å². The summed E-state index contributed by atoms with van der Waals surface area (Å²) in [4.78, 5) is 13.5. The summed E-state index contributed by atoms with van der Waals surface area (Å²) in [6.45, 7) is 3.99. The highest BCUT2D eigenvalue weighted by Gasteiger charge is 2.36. The highest BCUT2D eigenvalue weighted by Crippen LogP contribution is 2.43. The molecule has 0 heterocycles. The van der Waals surface area contributed by atoms with Gasteiger partial charge in [-0.15, -0.1) is 0 Å². The number of hydrogen-bond donors (Lipinski definition) is 0. The molecule has 0 spiro atoms. The van der Waals surface area contributed by atoms with Gasteiger partial charge in [0, 0.05) is 12.0 Å². The van der Waals surface area contributed by atoms with E-state index in [1.165, 1.54) is 5.56 Å². The molecule has 3 heteroatoms. The number of carbonyl (C=O) groups is 1. The maximum Gasteiger partial charge on any atom is 0.145 e. The summed E-state index contributed by atoms with van der Waals surface area (Å²) in [7, 11) is 5.92. The summed E-state index contributed by atoms with van der Waals surface area (Å²) in [5.41, 5.74) is 1.95. The van der Waals surface area contributed by atoms with Crippen LogP contribution in [0.5, 0.6) is 5.75 Å². The van der Waals surface area contributed by atoms with Crippen LogP contribution in [0.2, 0.25) is 0 Å². The molecule has 1 aliphatic carbocycles. The third-order valence-corrected chi connectivity index (χ3v) is 4.63. The SMILES string of the molecule is C=C(C=O)[C@H]1CCC[C@@H](N(C)C)[C@@H]1c1cccc(OC)c1. The van der Waals surface area contributed by atoms with E-state index in [9.17, 15) is 4.79 Å². The predicted octanol–water partition coefficient (Wildman–Crippen LogP) is 3.26. The Kier molecular flexibility index (Phi) is 5.18. The standard InChI is InChI=1S/C18H25NO2/c1-13(12-20)16-9-6-10-17(19(2)3)18(16)14-7-5-8-15(11-14)21-4/h5,7-8,11-12,16-18H,1,6,9-10H2,2-4H3/t16-,17-,18-/m1/s1. The lowest BCUT2D eigenvalue weighted by Crippen LogP contribution is -2.41. The van der Waals surface area contributed by atoms with Crippen molar-refractivity contribution >= 4 is 6.29 Å². The van der Waals surface area contributed by atoms with Gasteiger partial charge in [0.15, 0.2) is 0 Å². The van der Waals surface area contributed by atoms with Crippen molar-refractivity contribution in [3.8, 4) is 5.75 Å². The highest BCUT2D eigenvalue weighted by molar-refractivity contribution is 5.73. The van der Waals surface area contributed by atoms with Gasteiger partial charge < -0.3 is 9.64 Å². The lowest BCUT2D eigenvalue weighted by molar-refractivity contribution is -0.105. The van der Waals surface area contributed by atoms with Crippen molar-refractivity contribution in [3.63, 3.8) is 0 Å². The summed E-state index contributed by atoms with van der Waals surface area (Å²) < 4.78 is 5.36. The van der Waals surface area contributed by atoms with Gasteiger partial charge in [-0.05, 0) is 56.1 Å². The van der Waals surface area contributed by atoms with Crippen LogP contribution in [0.15, 0.2) is 36.4 Å². The van der Waals surface area contributed by atoms with E-state index < -0.39 is 0 Å². The number of hydrogen-bond acceptors (Lipinski definition) is 3. The molecule has 1 fully saturated rings. The van der Waals surface area contributed by atoms with Crippen molar-refractivity contribution in [2.24, 2.45) is 5.92 Å². The largest absolute Gasteiger partial charge is 0.497 e. The number of nitrogens with zero attached hydrogens (tertiary/aromatic N) is 1. The van der Waals surface area contributed by atoms with Crippen LogP contribution in [0, 0.1) is 5.92 Å². The van der Waals surface area contributed by atoms with Crippen LogP contribution >= 0.6 is 0 Å². The minimum absolute atomic E-state index is 0.218. The molecule has 21 heavy (non-hydrogen) atoms. The Labute approximate surface area is 127 Å². The molecule has 0 aliphatic heterocycles. The van der Waals surface area contributed by atoms with Crippen molar-refractivity contribution in [1.29, 1.82) is 0 Å². The number of rotatable bonds is 5. The Morgan fingerprint density at radius 3 is 2.76 bits per heavy atom. The van der Waals surface area contributed by atoms with Gasteiger partial charge in [-0.1, -0.05) is 25.1 Å². The molecule has 2 rings (SSSR count). The minimum atomic E-state index is 0.218. The van der Waals surface area contributed by atoms with Crippen molar-refractivity contribution in [1.82, 2.24) is 4.90 Å². The van der Waals surface area contributed by atoms with E-state index in [1.807, 2.05) is 12.1 Å². The van der Waals surface area contributed by atoms with Gasteiger partial charge in [-0.2, -0.15) is 0 Å². The van der Waals surface area contributed by atoms with Gasteiger partial charge in [-0.25, -0.2) is 0 Å². The maximum absolute atomic E-state index is 11.2. The summed E-state index contributed by atoms with van der Waals surface area (Å²) in [6.07, 6.45) is 4.25. The number of benzene rings is 1. The first-order valence-electron chi connectivity index (χ1n) is 7.52. The molecule has 0 radical (unpaired) electrons. The van der Waals surface area contributed by atoms with Gasteiger partial charge in [0.2, 0.25) is 0 Å². The van der Waals surface area contributed by atoms with Crippen LogP contribution in [0.3, 0.4) is 0 Å². The monoisotopic (exact) mass is 287 g/mol. The maximum atomic E-state index is 11.2. The Bertz CT molecular complexity index is 510. The average Bonchev–Trinajstić information content (AvgIpc) is 2.53. The first-order valence-corrected chi connectivity index (χ1v) is 7.52. The van der Waals surface area contributed by atoms with Crippen molar-refractivity contribution < 1.29 is 9.53 Å². The molecule has 0 unspecified atom stereocenters. The molecule has 1 aromatic carbocycles. The van der Waals surface area contributed by atoms with Gasteiger partial charge in [0.25, 0.3) is 0 Å². The van der Waals surface area contributed by atoms with Crippen molar-refractivity contribution in [2.75, 3.05) is 21.2 Å². The van der Waals surface area contributed by atoms with E-state index in [0.29, 0.717) is 12.0 Å². The van der Waals surface area contributed by atoms with Crippen LogP contribution in [0.1, 0.15) is 30.7 Å². The molecule has 0 amide bonds. The molecule has 1 saturated carbocycles. The topological polar surface area (TPSA) is 29.5 Å². The Balaban J connectivity index is 2.42. The van der Waals surface area contributed by atoms with E-state index in [0.717, 1.165) is 36.9 Å². The first-order chi connectivity index (χ1) is 10.1. The summed E-state index contributed by atoms with van der Waals surface area (Å²) in [5.74, 6) is 1.38. The van der Waals surface area contributed by atoms with Gasteiger partial charge in [0.1, 0.15) is 12.0 Å². The Morgan fingerprint density at radius 1 is 1.38 bits per heavy atom. The molecule has 114 valence electrons. The molecule has 3 atom stereocenters. The van der Waals surface area contributed by atoms with E-state index in [1.54, 1.807) is 7.11 Å². The van der Waals surface area contributed by atoms with E-state index in [-0.39, 0.29) is 5.92 Å². The molecule has 0 bridgehead atoms. The van der Waals surface area contributed by atoms with Crippen LogP contribution in [-0.2, 0) is 4.79 Å². The number of likely N-dealkylation sites (N-methyl/N-ethyl adjacent to an activating group) is 1. The number of allylic oxidation sites excluding steroid dienone is 1. The second-order valence-electron chi connectivity index (χ2n) is 6.06. The van der Waals surface area contributed by atoms with E-state index in [2.05, 4.69) is 37.7 Å². The second-order valence-corrected chi connectivity index (χ2v) is 6.06. The molecule has 0 aromatic heterocycles. The van der Waals surface area contributed by atoms with Crippen LogP contribution < -0.4 is 4.74 Å².